The molecule has 0 saturated carbocycles. The molecule has 6 heteroatoms. The summed E-state index contributed by atoms with van der Waals surface area (Å²) in [7, 11) is -0.182. The second-order valence-corrected chi connectivity index (χ2v) is 7.13. The summed E-state index contributed by atoms with van der Waals surface area (Å²) in [6.45, 7) is 5.51. The van der Waals surface area contributed by atoms with Gasteiger partial charge in [0, 0.05) is 6.61 Å². The van der Waals surface area contributed by atoms with Gasteiger partial charge in [-0.3, -0.25) is 0 Å². The van der Waals surface area contributed by atoms with Crippen molar-refractivity contribution in [3.8, 4) is 6.07 Å². The summed E-state index contributed by atoms with van der Waals surface area (Å²) in [5.41, 5.74) is -1.11. The van der Waals surface area contributed by atoms with E-state index in [0.717, 1.165) is 12.8 Å². The fraction of sp³-hybridized carbons (Fsp3) is 0.833. The highest BCUT2D eigenvalue weighted by Crippen LogP contribution is 2.20. The lowest BCUT2D eigenvalue weighted by Crippen LogP contribution is -2.46. The molecule has 0 rings (SSSR count). The van der Waals surface area contributed by atoms with Gasteiger partial charge in [0.1, 0.15) is 24.5 Å². The van der Waals surface area contributed by atoms with E-state index in [9.17, 15) is 15.5 Å². The van der Waals surface area contributed by atoms with Crippen LogP contribution >= 0.6 is 12.6 Å². The molecule has 2 unspecified atom stereocenters. The first-order chi connectivity index (χ1) is 8.37. The number of unbranched alkanes of at least 4 members (excludes halogenated alkanes) is 1. The molecule has 0 aliphatic carbocycles. The number of nitriles is 1. The molecule has 0 bridgehead atoms. The van der Waals surface area contributed by atoms with Crippen molar-refractivity contribution in [2.24, 2.45) is 0 Å². The molecule has 0 aromatic carbocycles. The van der Waals surface area contributed by atoms with Gasteiger partial charge >= 0.3 is 0 Å². The van der Waals surface area contributed by atoms with Crippen LogP contribution in [0.3, 0.4) is 0 Å². The monoisotopic (exact) mass is 288 g/mol. The highest BCUT2D eigenvalue weighted by Gasteiger charge is 2.33. The minimum atomic E-state index is -1.11. The average Bonchev–Trinajstić information content (AvgIpc) is 2.36. The van der Waals surface area contributed by atoms with Gasteiger partial charge in [0.2, 0.25) is 0 Å². The first-order valence-electron chi connectivity index (χ1n) is 6.10. The van der Waals surface area contributed by atoms with Crippen LogP contribution in [0, 0.1) is 11.3 Å². The standard InChI is InChI=1S/C12H22NO3SSi/c1-4-6-7-12(17,8-13)18-10(15)11(3,9-14)16-5-2/h14-15,17H,4-7,9H2,1-3H3. The van der Waals surface area contributed by atoms with Gasteiger partial charge in [0.25, 0.3) is 0 Å². The Labute approximate surface area is 117 Å². The van der Waals surface area contributed by atoms with E-state index in [1.54, 1.807) is 13.8 Å². The van der Waals surface area contributed by atoms with Crippen molar-refractivity contribution in [1.29, 1.82) is 5.26 Å². The van der Waals surface area contributed by atoms with Crippen molar-refractivity contribution in [3.63, 3.8) is 0 Å². The van der Waals surface area contributed by atoms with Crippen LogP contribution in [-0.2, 0) is 4.74 Å². The van der Waals surface area contributed by atoms with Gasteiger partial charge in [-0.05, 0) is 20.3 Å². The van der Waals surface area contributed by atoms with E-state index in [1.807, 2.05) is 6.92 Å². The molecule has 0 spiro atoms. The normalized spacial score (nSPS) is 18.8. The first-order valence-corrected chi connectivity index (χ1v) is 7.55. The molecule has 0 heterocycles. The Morgan fingerprint density at radius 1 is 1.50 bits per heavy atom. The van der Waals surface area contributed by atoms with Gasteiger partial charge in [-0.15, -0.1) is 0 Å². The van der Waals surface area contributed by atoms with Crippen LogP contribution in [0.2, 0.25) is 0 Å². The Hall–Kier alpha value is -0.353. The van der Waals surface area contributed by atoms with Gasteiger partial charge in [0.15, 0.2) is 0 Å². The molecular formula is C12H22NO3SSi. The molecule has 103 valence electrons. The molecule has 2 atom stereocenters. The SMILES string of the molecule is CCCCC(S)(C#N)[Si]=C(O)C(C)(CO)OCC. The zero-order chi connectivity index (χ0) is 14.2. The number of aliphatic hydroxyl groups excluding tert-OH is 2. The van der Waals surface area contributed by atoms with E-state index in [4.69, 9.17) is 4.74 Å². The van der Waals surface area contributed by atoms with Crippen LogP contribution in [0.5, 0.6) is 0 Å². The average molecular weight is 288 g/mol. The Bertz CT molecular complexity index is 332. The van der Waals surface area contributed by atoms with Gasteiger partial charge in [-0.2, -0.15) is 17.9 Å². The van der Waals surface area contributed by atoms with Gasteiger partial charge in [0.05, 0.1) is 12.7 Å². The quantitative estimate of drug-likeness (QED) is 0.465. The summed E-state index contributed by atoms with van der Waals surface area (Å²) in [4.78, 5) is 0. The summed E-state index contributed by atoms with van der Waals surface area (Å²) in [6.07, 6.45) is 2.46. The predicted octanol–water partition coefficient (Wildman–Crippen LogP) is 1.32. The predicted molar refractivity (Wildman–Crippen MR) is 76.7 cm³/mol. The zero-order valence-corrected chi connectivity index (χ0v) is 13.1. The van der Waals surface area contributed by atoms with Gasteiger partial charge < -0.3 is 14.9 Å². The van der Waals surface area contributed by atoms with E-state index in [1.165, 1.54) is 0 Å². The topological polar surface area (TPSA) is 73.5 Å². The summed E-state index contributed by atoms with van der Waals surface area (Å²) in [5, 5.41) is 28.6. The molecule has 0 saturated heterocycles. The summed E-state index contributed by atoms with van der Waals surface area (Å²) < 4.78 is 4.48. The number of thiol groups is 1. The zero-order valence-electron chi connectivity index (χ0n) is 11.2. The second-order valence-electron chi connectivity index (χ2n) is 4.37. The van der Waals surface area contributed by atoms with Gasteiger partial charge in [-0.25, -0.2) is 0 Å². The van der Waals surface area contributed by atoms with E-state index in [-0.39, 0.29) is 21.1 Å². The third-order valence-corrected chi connectivity index (χ3v) is 4.87. The number of hydrogen-bond acceptors (Lipinski definition) is 5. The lowest BCUT2D eigenvalue weighted by molar-refractivity contribution is -0.0199. The molecule has 18 heavy (non-hydrogen) atoms. The minimum Gasteiger partial charge on any atom is -0.515 e. The van der Waals surface area contributed by atoms with Crippen molar-refractivity contribution in [3.05, 3.63) is 0 Å². The smallest absolute Gasteiger partial charge is 0.139 e. The van der Waals surface area contributed by atoms with Crippen molar-refractivity contribution in [1.82, 2.24) is 0 Å². The number of hydrogen-bond donors (Lipinski definition) is 3. The highest BCUT2D eigenvalue weighted by atomic mass is 32.1. The van der Waals surface area contributed by atoms with Crippen molar-refractivity contribution in [2.45, 2.75) is 50.0 Å². The maximum atomic E-state index is 10.1. The third kappa shape index (κ3) is 5.10. The molecule has 0 aliphatic heterocycles. The minimum absolute atomic E-state index is 0.000460. The van der Waals surface area contributed by atoms with Crippen LogP contribution in [0.1, 0.15) is 40.0 Å². The first kappa shape index (κ1) is 17.6. The fourth-order valence-corrected chi connectivity index (χ4v) is 3.06. The van der Waals surface area contributed by atoms with E-state index in [2.05, 4.69) is 18.7 Å². The molecule has 0 aromatic heterocycles. The molecule has 0 amide bonds. The lowest BCUT2D eigenvalue weighted by atomic mass is 10.1. The number of ether oxygens (including phenoxy) is 1. The lowest BCUT2D eigenvalue weighted by Gasteiger charge is -2.28. The van der Waals surface area contributed by atoms with Crippen molar-refractivity contribution in [2.75, 3.05) is 13.2 Å². The molecule has 4 nitrogen and oxygen atoms in total. The summed E-state index contributed by atoms with van der Waals surface area (Å²) in [6, 6.07) is 2.14. The van der Waals surface area contributed by atoms with Crippen LogP contribution in [0.4, 0.5) is 0 Å². The number of rotatable bonds is 8. The van der Waals surface area contributed by atoms with E-state index < -0.39 is 9.97 Å². The largest absolute Gasteiger partial charge is 0.515 e. The molecule has 2 N–H and O–H groups in total. The molecule has 0 fully saturated rings. The van der Waals surface area contributed by atoms with Crippen molar-refractivity contribution < 1.29 is 14.9 Å². The molecule has 0 aromatic rings. The van der Waals surface area contributed by atoms with Crippen LogP contribution < -0.4 is 0 Å². The number of nitrogens with zero attached hydrogens (tertiary/aromatic N) is 1. The molecule has 0 aliphatic rings. The Balaban J connectivity index is 5.06. The van der Waals surface area contributed by atoms with Gasteiger partial charge in [-0.1, -0.05) is 19.8 Å². The van der Waals surface area contributed by atoms with E-state index >= 15 is 0 Å². The molecular weight excluding hydrogens is 266 g/mol. The Morgan fingerprint density at radius 2 is 2.11 bits per heavy atom. The maximum Gasteiger partial charge on any atom is 0.139 e. The fourth-order valence-electron chi connectivity index (χ4n) is 1.41. The number of aliphatic hydroxyl groups is 2. The molecule has 1 radical (unpaired) electrons. The highest BCUT2D eigenvalue weighted by molar-refractivity contribution is 7.83. The van der Waals surface area contributed by atoms with Crippen LogP contribution in [-0.4, -0.2) is 47.9 Å². The van der Waals surface area contributed by atoms with Crippen molar-refractivity contribution >= 4 is 27.1 Å². The third-order valence-electron chi connectivity index (χ3n) is 2.67. The Morgan fingerprint density at radius 3 is 2.50 bits per heavy atom. The van der Waals surface area contributed by atoms with E-state index in [0.29, 0.717) is 13.0 Å². The maximum absolute atomic E-state index is 10.1. The summed E-state index contributed by atoms with van der Waals surface area (Å²) >= 11 is 4.36. The Kier molecular flexibility index (Phi) is 7.79. The second kappa shape index (κ2) is 7.95. The van der Waals surface area contributed by atoms with Crippen LogP contribution in [0.25, 0.3) is 0 Å². The van der Waals surface area contributed by atoms with Crippen LogP contribution in [0.15, 0.2) is 0 Å². The summed E-state index contributed by atoms with van der Waals surface area (Å²) in [5.74, 6) is 0.